The van der Waals surface area contributed by atoms with E-state index in [2.05, 4.69) is 9.80 Å². The van der Waals surface area contributed by atoms with Gasteiger partial charge in [-0.2, -0.15) is 0 Å². The van der Waals surface area contributed by atoms with Crippen molar-refractivity contribution in [2.24, 2.45) is 29.6 Å². The summed E-state index contributed by atoms with van der Waals surface area (Å²) in [6, 6.07) is 1.35. The molecule has 2 aliphatic heterocycles. The van der Waals surface area contributed by atoms with Crippen LogP contribution in [-0.2, 0) is 9.53 Å². The number of likely N-dealkylation sites (tertiary alicyclic amines) is 2. The molecule has 4 saturated carbocycles. The van der Waals surface area contributed by atoms with Gasteiger partial charge in [0.2, 0.25) is 5.91 Å². The van der Waals surface area contributed by atoms with Gasteiger partial charge in [0.1, 0.15) is 0 Å². The molecule has 0 radical (unpaired) electrons. The van der Waals surface area contributed by atoms with E-state index in [1.54, 1.807) is 13.5 Å². The molecular formula is C21H34N2O2. The summed E-state index contributed by atoms with van der Waals surface area (Å²) in [7, 11) is 1.74. The third-order valence-corrected chi connectivity index (χ3v) is 8.31. The van der Waals surface area contributed by atoms with Gasteiger partial charge < -0.3 is 9.64 Å². The molecule has 2 atom stereocenters. The van der Waals surface area contributed by atoms with Crippen LogP contribution in [0.2, 0.25) is 0 Å². The highest BCUT2D eigenvalue weighted by Gasteiger charge is 2.51. The van der Waals surface area contributed by atoms with Crippen LogP contribution in [0.3, 0.4) is 0 Å². The Morgan fingerprint density at radius 2 is 1.72 bits per heavy atom. The average molecular weight is 347 g/mol. The van der Waals surface area contributed by atoms with E-state index in [4.69, 9.17) is 4.74 Å². The second-order valence-electron chi connectivity index (χ2n) is 9.65. The van der Waals surface area contributed by atoms with Gasteiger partial charge in [-0.3, -0.25) is 9.69 Å². The lowest BCUT2D eigenvalue weighted by molar-refractivity contribution is -0.145. The lowest BCUT2D eigenvalue weighted by atomic mass is 9.53. The summed E-state index contributed by atoms with van der Waals surface area (Å²) in [5.74, 6) is 5.16. The summed E-state index contributed by atoms with van der Waals surface area (Å²) in [6.45, 7) is 3.92. The summed E-state index contributed by atoms with van der Waals surface area (Å²) < 4.78 is 5.25. The van der Waals surface area contributed by atoms with Crippen molar-refractivity contribution in [2.45, 2.75) is 63.5 Å². The normalized spacial score (nSPS) is 46.5. The lowest BCUT2D eigenvalue weighted by Gasteiger charge is -2.59. The van der Waals surface area contributed by atoms with Crippen LogP contribution in [-0.4, -0.2) is 61.1 Å². The Morgan fingerprint density at radius 3 is 2.40 bits per heavy atom. The van der Waals surface area contributed by atoms with Crippen molar-refractivity contribution in [3.05, 3.63) is 0 Å². The Balaban J connectivity index is 1.28. The molecule has 25 heavy (non-hydrogen) atoms. The SMILES string of the molecule is COCCN1C(=O)CC[C@@H]2CN(C3C4CC5CC(C4)CC3C5)CC[C@@H]21. The summed E-state index contributed by atoms with van der Waals surface area (Å²) in [4.78, 5) is 17.4. The number of carbonyl (C=O) groups is 1. The number of nitrogens with zero attached hydrogens (tertiary/aromatic N) is 2. The van der Waals surface area contributed by atoms with Gasteiger partial charge in [0, 0.05) is 45.2 Å². The van der Waals surface area contributed by atoms with Crippen LogP contribution in [0.4, 0.5) is 0 Å². The Labute approximate surface area is 152 Å². The van der Waals surface area contributed by atoms with Gasteiger partial charge in [0.05, 0.1) is 6.61 Å². The predicted octanol–water partition coefficient (Wildman–Crippen LogP) is 2.77. The third-order valence-electron chi connectivity index (χ3n) is 8.31. The molecule has 6 aliphatic rings. The Bertz CT molecular complexity index is 494. The lowest BCUT2D eigenvalue weighted by Crippen LogP contribution is -2.62. The number of methoxy groups -OCH3 is 1. The van der Waals surface area contributed by atoms with Crippen molar-refractivity contribution in [1.29, 1.82) is 0 Å². The molecule has 0 unspecified atom stereocenters. The molecule has 6 fully saturated rings. The fraction of sp³-hybridized carbons (Fsp3) is 0.952. The average Bonchev–Trinajstić information content (AvgIpc) is 2.60. The molecule has 4 nitrogen and oxygen atoms in total. The summed E-state index contributed by atoms with van der Waals surface area (Å²) >= 11 is 0. The zero-order chi connectivity index (χ0) is 17.0. The second-order valence-corrected chi connectivity index (χ2v) is 9.65. The molecule has 0 aromatic heterocycles. The van der Waals surface area contributed by atoms with Crippen LogP contribution in [0.15, 0.2) is 0 Å². The largest absolute Gasteiger partial charge is 0.383 e. The molecule has 0 N–H and O–H groups in total. The smallest absolute Gasteiger partial charge is 0.222 e. The van der Waals surface area contributed by atoms with Crippen LogP contribution in [0.25, 0.3) is 0 Å². The van der Waals surface area contributed by atoms with E-state index in [1.165, 1.54) is 45.2 Å². The predicted molar refractivity (Wildman–Crippen MR) is 97.1 cm³/mol. The number of amides is 1. The Hall–Kier alpha value is -0.610. The van der Waals surface area contributed by atoms with Gasteiger partial charge in [-0.15, -0.1) is 0 Å². The number of hydrogen-bond donors (Lipinski definition) is 0. The van der Waals surface area contributed by atoms with Crippen LogP contribution >= 0.6 is 0 Å². The van der Waals surface area contributed by atoms with Gasteiger partial charge >= 0.3 is 0 Å². The minimum atomic E-state index is 0.362. The highest BCUT2D eigenvalue weighted by Crippen LogP contribution is 2.55. The maximum atomic E-state index is 12.4. The van der Waals surface area contributed by atoms with Crippen molar-refractivity contribution in [3.63, 3.8) is 0 Å². The molecule has 0 spiro atoms. The van der Waals surface area contributed by atoms with E-state index in [9.17, 15) is 4.79 Å². The van der Waals surface area contributed by atoms with Crippen LogP contribution in [0.1, 0.15) is 51.4 Å². The zero-order valence-corrected chi connectivity index (χ0v) is 15.7. The van der Waals surface area contributed by atoms with E-state index in [1.807, 2.05) is 0 Å². The van der Waals surface area contributed by atoms with Crippen molar-refractivity contribution < 1.29 is 9.53 Å². The minimum Gasteiger partial charge on any atom is -0.383 e. The maximum Gasteiger partial charge on any atom is 0.222 e. The van der Waals surface area contributed by atoms with Crippen molar-refractivity contribution in [2.75, 3.05) is 33.4 Å². The molecule has 0 aromatic rings. The van der Waals surface area contributed by atoms with Gasteiger partial charge in [0.25, 0.3) is 0 Å². The van der Waals surface area contributed by atoms with Crippen LogP contribution in [0.5, 0.6) is 0 Å². The monoisotopic (exact) mass is 346 g/mol. The molecule has 4 heteroatoms. The molecule has 0 aromatic carbocycles. The van der Waals surface area contributed by atoms with E-state index >= 15 is 0 Å². The van der Waals surface area contributed by atoms with Gasteiger partial charge in [-0.25, -0.2) is 0 Å². The first-order chi connectivity index (χ1) is 12.2. The fourth-order valence-corrected chi connectivity index (χ4v) is 7.62. The third kappa shape index (κ3) is 2.84. The van der Waals surface area contributed by atoms with E-state index in [-0.39, 0.29) is 0 Å². The van der Waals surface area contributed by atoms with Crippen molar-refractivity contribution >= 4 is 5.91 Å². The van der Waals surface area contributed by atoms with E-state index in [0.29, 0.717) is 24.5 Å². The first-order valence-corrected chi connectivity index (χ1v) is 10.8. The Kier molecular flexibility index (Phi) is 4.32. The topological polar surface area (TPSA) is 32.8 Å². The highest BCUT2D eigenvalue weighted by molar-refractivity contribution is 5.77. The number of fused-ring (bicyclic) bond motifs is 1. The van der Waals surface area contributed by atoms with Crippen molar-refractivity contribution in [1.82, 2.24) is 9.80 Å². The molecule has 140 valence electrons. The maximum absolute atomic E-state index is 12.4. The second kappa shape index (κ2) is 6.53. The van der Waals surface area contributed by atoms with E-state index in [0.717, 1.165) is 49.1 Å². The molecule has 1 amide bonds. The molecule has 4 aliphatic carbocycles. The summed E-state index contributed by atoms with van der Waals surface area (Å²) in [5, 5.41) is 0. The van der Waals surface area contributed by atoms with Gasteiger partial charge in [-0.05, 0) is 74.5 Å². The standard InChI is InChI=1S/C21H34N2O2/c1-25-7-6-23-19-4-5-22(13-16(19)2-3-20(23)24)21-17-9-14-8-15(11-17)12-18(21)10-14/h14-19,21H,2-13H2,1H3/t14?,15?,16-,17?,18?,19+,21?/m1/s1. The molecule has 4 bridgehead atoms. The number of ether oxygens (including phenoxy) is 1. The summed E-state index contributed by atoms with van der Waals surface area (Å²) in [6.07, 6.45) is 10.6. The first-order valence-electron chi connectivity index (χ1n) is 10.8. The quantitative estimate of drug-likeness (QED) is 0.785. The van der Waals surface area contributed by atoms with Crippen LogP contribution < -0.4 is 0 Å². The van der Waals surface area contributed by atoms with Crippen LogP contribution in [0, 0.1) is 29.6 Å². The number of rotatable bonds is 4. The number of piperidine rings is 2. The highest BCUT2D eigenvalue weighted by atomic mass is 16.5. The van der Waals surface area contributed by atoms with Gasteiger partial charge in [0.15, 0.2) is 0 Å². The fourth-order valence-electron chi connectivity index (χ4n) is 7.62. The number of carbonyl (C=O) groups excluding carboxylic acids is 1. The molecule has 6 rings (SSSR count). The molecule has 2 saturated heterocycles. The zero-order valence-electron chi connectivity index (χ0n) is 15.7. The first kappa shape index (κ1) is 16.6. The minimum absolute atomic E-state index is 0.362. The number of hydrogen-bond acceptors (Lipinski definition) is 3. The summed E-state index contributed by atoms with van der Waals surface area (Å²) in [5.41, 5.74) is 0. The van der Waals surface area contributed by atoms with Crippen molar-refractivity contribution in [3.8, 4) is 0 Å². The Morgan fingerprint density at radius 1 is 1.00 bits per heavy atom. The van der Waals surface area contributed by atoms with Gasteiger partial charge in [-0.1, -0.05) is 0 Å². The molecule has 2 heterocycles. The van der Waals surface area contributed by atoms with E-state index < -0.39 is 0 Å². The molecular weight excluding hydrogens is 312 g/mol.